The molecule has 0 N–H and O–H groups in total. The van der Waals surface area contributed by atoms with Crippen molar-refractivity contribution in [3.63, 3.8) is 0 Å². The monoisotopic (exact) mass is 1010 g/mol. The number of pyridine rings is 2. The van der Waals surface area contributed by atoms with E-state index in [2.05, 4.69) is 175 Å². The first-order valence-corrected chi connectivity index (χ1v) is 21.9. The number of imidazole rings is 1. The number of aromatic nitrogens is 4. The van der Waals surface area contributed by atoms with Crippen LogP contribution in [-0.2, 0) is 52.8 Å². The van der Waals surface area contributed by atoms with Crippen LogP contribution >= 0.6 is 0 Å². The van der Waals surface area contributed by atoms with Gasteiger partial charge >= 0.3 is 20.1 Å². The van der Waals surface area contributed by atoms with Gasteiger partial charge in [-0.05, 0) is 86.3 Å². The molecule has 0 radical (unpaired) electrons. The number of hydrogen-bond acceptors (Lipinski definition) is 3. The van der Waals surface area contributed by atoms with Crippen LogP contribution in [0.3, 0.4) is 0 Å². The van der Waals surface area contributed by atoms with Crippen LogP contribution in [0.25, 0.3) is 78.4 Å². The third-order valence-electron chi connectivity index (χ3n) is 11.9. The van der Waals surface area contributed by atoms with E-state index in [0.29, 0.717) is 0 Å². The predicted molar refractivity (Wildman–Crippen MR) is 261 cm³/mol. The fraction of sp³-hybridized carbons (Fsp3) is 0.0833. The van der Waals surface area contributed by atoms with Crippen LogP contribution < -0.4 is 0 Å². The van der Waals surface area contributed by atoms with E-state index in [1.54, 1.807) is 0 Å². The van der Waals surface area contributed by atoms with E-state index in [9.17, 15) is 0 Å². The largest absolute Gasteiger partial charge is 3.00 e. The number of aryl methyl sites for hydroxylation is 5. The molecule has 0 bridgehead atoms. The normalized spacial score (nSPS) is 11.0. The van der Waals surface area contributed by atoms with Crippen molar-refractivity contribution in [3.8, 4) is 78.4 Å². The average Bonchev–Trinajstić information content (AvgIpc) is 3.81. The molecule has 10 rings (SSSR count). The molecule has 0 saturated carbocycles. The van der Waals surface area contributed by atoms with Crippen molar-refractivity contribution in [1.82, 2.24) is 19.5 Å². The van der Waals surface area contributed by atoms with Gasteiger partial charge in [0.2, 0.25) is 0 Å². The van der Waals surface area contributed by atoms with Crippen LogP contribution in [0.1, 0.15) is 22.3 Å². The second-order valence-electron chi connectivity index (χ2n) is 16.3. The van der Waals surface area contributed by atoms with Crippen molar-refractivity contribution >= 4 is 0 Å². The molecule has 10 aromatic rings. The van der Waals surface area contributed by atoms with Crippen molar-refractivity contribution in [3.05, 3.63) is 247 Å². The summed E-state index contributed by atoms with van der Waals surface area (Å²) < 4.78 is 2.03. The Labute approximate surface area is 395 Å². The van der Waals surface area contributed by atoms with Crippen molar-refractivity contribution in [2.45, 2.75) is 25.7 Å². The van der Waals surface area contributed by atoms with Gasteiger partial charge in [0.25, 0.3) is 0 Å². The van der Waals surface area contributed by atoms with Gasteiger partial charge in [-0.3, -0.25) is 4.98 Å². The third kappa shape index (κ3) is 10.1. The Morgan fingerprint density at radius 1 is 0.415 bits per heavy atom. The summed E-state index contributed by atoms with van der Waals surface area (Å²) >= 11 is 0. The first-order chi connectivity index (χ1) is 31.6. The SMILES string of the molecule is Cn1ccnc1-c1[c-]cc(CCc2cc(CCc3ccc(-c4[c-]cccc4)nc3)cc(-c3ccccc3-c3ccc(-c4[c-]ccc(-c5ccc(-c6ccccc6)cc5)c4)nc3)c2)cc1.[Ir+3]. The van der Waals surface area contributed by atoms with Gasteiger partial charge < -0.3 is 14.5 Å². The molecular weight excluding hydrogens is 969 g/mol. The molecule has 4 nitrogen and oxygen atoms in total. The van der Waals surface area contributed by atoms with Crippen LogP contribution in [0, 0.1) is 18.2 Å². The first kappa shape index (κ1) is 43.0. The third-order valence-corrected chi connectivity index (χ3v) is 11.9. The van der Waals surface area contributed by atoms with Gasteiger partial charge in [0.15, 0.2) is 0 Å². The van der Waals surface area contributed by atoms with E-state index >= 15 is 0 Å². The summed E-state index contributed by atoms with van der Waals surface area (Å²) in [6, 6.07) is 74.6. The standard InChI is InChI=1S/C60H45N4.Ir/c1-64-36-35-61-60(64)51-26-23-43(24-27-51)19-21-45-37-46(22-20-44-25-33-58(62-41-44)50-13-6-3-7-14-50)39-55(38-45)57-18-9-8-17-56(57)54-32-34-59(63-42-54)53-16-10-15-52(40-53)49-30-28-48(29-31-49)47-11-4-2-5-12-47;/h2-13,15,17-18,23-26,28-42H,19-22H2,1H3;/q-3;+3. The van der Waals surface area contributed by atoms with Crippen LogP contribution in [0.15, 0.2) is 207 Å². The molecule has 0 saturated heterocycles. The Balaban J connectivity index is 0.00000533. The minimum absolute atomic E-state index is 0. The average molecular weight is 1010 g/mol. The molecule has 3 aromatic heterocycles. The maximum absolute atomic E-state index is 5.02. The summed E-state index contributed by atoms with van der Waals surface area (Å²) in [6.45, 7) is 0. The topological polar surface area (TPSA) is 43.6 Å². The molecule has 0 atom stereocenters. The molecule has 0 amide bonds. The van der Waals surface area contributed by atoms with Crippen molar-refractivity contribution in [1.29, 1.82) is 0 Å². The summed E-state index contributed by atoms with van der Waals surface area (Å²) in [7, 11) is 2.01. The number of hydrogen-bond donors (Lipinski definition) is 0. The minimum Gasteiger partial charge on any atom is -0.373 e. The van der Waals surface area contributed by atoms with Gasteiger partial charge in [-0.2, -0.15) is 0 Å². The molecule has 0 fully saturated rings. The van der Waals surface area contributed by atoms with Crippen LogP contribution in [0.4, 0.5) is 0 Å². The van der Waals surface area contributed by atoms with Crippen molar-refractivity contribution in [2.24, 2.45) is 7.05 Å². The summed E-state index contributed by atoms with van der Waals surface area (Å²) in [4.78, 5) is 14.3. The van der Waals surface area contributed by atoms with E-state index in [1.807, 2.05) is 66.7 Å². The molecule has 0 aliphatic rings. The molecule has 65 heavy (non-hydrogen) atoms. The Bertz CT molecular complexity index is 3120. The molecule has 7 aromatic carbocycles. The fourth-order valence-electron chi connectivity index (χ4n) is 8.42. The summed E-state index contributed by atoms with van der Waals surface area (Å²) in [5.41, 5.74) is 19.2. The number of rotatable bonds is 13. The number of benzene rings is 7. The fourth-order valence-corrected chi connectivity index (χ4v) is 8.42. The molecule has 0 unspecified atom stereocenters. The van der Waals surface area contributed by atoms with Gasteiger partial charge in [-0.15, -0.1) is 107 Å². The Morgan fingerprint density at radius 3 is 1.69 bits per heavy atom. The Morgan fingerprint density at radius 2 is 1.03 bits per heavy atom. The zero-order chi connectivity index (χ0) is 43.1. The second-order valence-corrected chi connectivity index (χ2v) is 16.3. The van der Waals surface area contributed by atoms with Crippen LogP contribution in [0.5, 0.6) is 0 Å². The van der Waals surface area contributed by atoms with E-state index in [-0.39, 0.29) is 20.1 Å². The van der Waals surface area contributed by atoms with Crippen molar-refractivity contribution < 1.29 is 20.1 Å². The summed E-state index contributed by atoms with van der Waals surface area (Å²) in [6.07, 6.45) is 11.4. The van der Waals surface area contributed by atoms with Crippen LogP contribution in [0.2, 0.25) is 0 Å². The van der Waals surface area contributed by atoms with Gasteiger partial charge in [0, 0.05) is 31.8 Å². The Kier molecular flexibility index (Phi) is 13.2. The molecular formula is C60H45IrN4. The van der Waals surface area contributed by atoms with Gasteiger partial charge in [0.05, 0.1) is 5.82 Å². The molecule has 314 valence electrons. The zero-order valence-corrected chi connectivity index (χ0v) is 38.5. The van der Waals surface area contributed by atoms with E-state index in [1.165, 1.54) is 44.5 Å². The molecule has 0 spiro atoms. The molecule has 3 heterocycles. The second kappa shape index (κ2) is 20.0. The molecule has 0 aliphatic heterocycles. The van der Waals surface area contributed by atoms with Gasteiger partial charge in [-0.25, -0.2) is 0 Å². The first-order valence-electron chi connectivity index (χ1n) is 21.9. The summed E-state index contributed by atoms with van der Waals surface area (Å²) in [5, 5.41) is 0. The molecule has 0 aliphatic carbocycles. The Hall–Kier alpha value is -7.30. The van der Waals surface area contributed by atoms with Crippen LogP contribution in [-0.4, -0.2) is 19.5 Å². The minimum atomic E-state index is 0. The van der Waals surface area contributed by atoms with E-state index < -0.39 is 0 Å². The smallest absolute Gasteiger partial charge is 0.373 e. The van der Waals surface area contributed by atoms with Crippen molar-refractivity contribution in [2.75, 3.05) is 0 Å². The van der Waals surface area contributed by atoms with Gasteiger partial charge in [0.1, 0.15) is 0 Å². The maximum Gasteiger partial charge on any atom is 3.00 e. The zero-order valence-electron chi connectivity index (χ0n) is 36.1. The maximum atomic E-state index is 5.02. The quantitative estimate of drug-likeness (QED) is 0.108. The van der Waals surface area contributed by atoms with E-state index in [0.717, 1.165) is 81.8 Å². The van der Waals surface area contributed by atoms with Gasteiger partial charge in [-0.1, -0.05) is 128 Å². The van der Waals surface area contributed by atoms with E-state index in [4.69, 9.17) is 9.97 Å². The molecule has 5 heteroatoms. The predicted octanol–water partition coefficient (Wildman–Crippen LogP) is 13.8. The summed E-state index contributed by atoms with van der Waals surface area (Å²) in [5.74, 6) is 0.921. The number of nitrogens with zero attached hydrogens (tertiary/aromatic N) is 4.